The van der Waals surface area contributed by atoms with Crippen molar-refractivity contribution in [1.29, 1.82) is 0 Å². The number of allylic oxidation sites excluding steroid dienone is 1. The Balaban J connectivity index is 2.67. The maximum absolute atomic E-state index is 5.56. The molecule has 0 saturated carbocycles. The molecule has 0 aliphatic carbocycles. The molecule has 4 heteroatoms. The molecule has 18 heavy (non-hydrogen) atoms. The Morgan fingerprint density at radius 2 is 1.94 bits per heavy atom. The topological polar surface area (TPSA) is 30.5 Å². The van der Waals surface area contributed by atoms with Crippen LogP contribution in [0.1, 0.15) is 18.5 Å². The molecule has 0 amide bonds. The van der Waals surface area contributed by atoms with E-state index in [0.717, 1.165) is 23.6 Å². The Morgan fingerprint density at radius 3 is 2.56 bits per heavy atom. The Morgan fingerprint density at radius 1 is 1.22 bits per heavy atom. The summed E-state index contributed by atoms with van der Waals surface area (Å²) in [5.74, 6) is 2.04. The van der Waals surface area contributed by atoms with Crippen molar-refractivity contribution in [3.63, 3.8) is 0 Å². The van der Waals surface area contributed by atoms with Crippen molar-refractivity contribution in [2.75, 3.05) is 26.6 Å². The van der Waals surface area contributed by atoms with Gasteiger partial charge in [-0.3, -0.25) is 0 Å². The third kappa shape index (κ3) is 4.24. The highest BCUT2D eigenvalue weighted by Gasteiger charge is 2.08. The van der Waals surface area contributed by atoms with E-state index in [9.17, 15) is 0 Å². The van der Waals surface area contributed by atoms with Gasteiger partial charge in [-0.15, -0.1) is 11.6 Å². The van der Waals surface area contributed by atoms with E-state index >= 15 is 0 Å². The molecule has 1 atom stereocenters. The molecule has 1 rings (SSSR count). The molecular weight excluding hydrogens is 250 g/mol. The predicted molar refractivity (Wildman–Crippen MR) is 75.8 cm³/mol. The van der Waals surface area contributed by atoms with Crippen molar-refractivity contribution >= 4 is 11.6 Å². The molecule has 1 aromatic rings. The third-order valence-electron chi connectivity index (χ3n) is 2.71. The predicted octanol–water partition coefficient (Wildman–Crippen LogP) is 3.15. The maximum Gasteiger partial charge on any atom is 0.161 e. The molecule has 1 N–H and O–H groups in total. The Hall–Kier alpha value is -1.19. The molecule has 3 nitrogen and oxygen atoms in total. The molecule has 0 radical (unpaired) electrons. The zero-order chi connectivity index (χ0) is 13.4. The molecule has 0 saturated heterocycles. The molecule has 100 valence electrons. The largest absolute Gasteiger partial charge is 0.493 e. The smallest absolute Gasteiger partial charge is 0.161 e. The van der Waals surface area contributed by atoms with Crippen LogP contribution in [-0.2, 0) is 0 Å². The quantitative estimate of drug-likeness (QED) is 0.609. The van der Waals surface area contributed by atoms with Gasteiger partial charge in [-0.05, 0) is 24.6 Å². The van der Waals surface area contributed by atoms with Gasteiger partial charge in [0, 0.05) is 18.5 Å². The lowest BCUT2D eigenvalue weighted by molar-refractivity contribution is 0.354. The summed E-state index contributed by atoms with van der Waals surface area (Å²) in [6.07, 6.45) is 3.94. The minimum Gasteiger partial charge on any atom is -0.493 e. The number of benzene rings is 1. The van der Waals surface area contributed by atoms with E-state index in [4.69, 9.17) is 21.1 Å². The third-order valence-corrected chi connectivity index (χ3v) is 2.88. The number of rotatable bonds is 7. The zero-order valence-electron chi connectivity index (χ0n) is 11.1. The lowest BCUT2D eigenvalue weighted by Gasteiger charge is -2.15. The van der Waals surface area contributed by atoms with Gasteiger partial charge in [-0.1, -0.05) is 18.2 Å². The molecule has 0 aromatic heterocycles. The number of alkyl halides is 1. The van der Waals surface area contributed by atoms with Crippen LogP contribution in [0.2, 0.25) is 0 Å². The summed E-state index contributed by atoms with van der Waals surface area (Å²) in [6, 6.07) is 6.18. The molecule has 0 aliphatic heterocycles. The van der Waals surface area contributed by atoms with E-state index in [2.05, 4.69) is 12.2 Å². The van der Waals surface area contributed by atoms with Crippen molar-refractivity contribution in [3.05, 3.63) is 35.9 Å². The highest BCUT2D eigenvalue weighted by Crippen LogP contribution is 2.29. The van der Waals surface area contributed by atoms with Gasteiger partial charge in [0.2, 0.25) is 0 Å². The van der Waals surface area contributed by atoms with Gasteiger partial charge in [0.1, 0.15) is 0 Å². The summed E-state index contributed by atoms with van der Waals surface area (Å²) < 4.78 is 10.5. The fourth-order valence-electron chi connectivity index (χ4n) is 1.63. The number of hydrogen-bond acceptors (Lipinski definition) is 3. The number of nitrogens with one attached hydrogen (secondary N) is 1. The lowest BCUT2D eigenvalue weighted by Crippen LogP contribution is -2.18. The molecular formula is C14H20ClNO2. The second kappa shape index (κ2) is 8.01. The summed E-state index contributed by atoms with van der Waals surface area (Å²) in [6.45, 7) is 2.90. The average Bonchev–Trinajstić information content (AvgIpc) is 2.42. The van der Waals surface area contributed by atoms with Gasteiger partial charge in [0.15, 0.2) is 11.5 Å². The normalized spacial score (nSPS) is 12.7. The Bertz CT molecular complexity index is 393. The van der Waals surface area contributed by atoms with Crippen molar-refractivity contribution in [2.45, 2.75) is 13.0 Å². The summed E-state index contributed by atoms with van der Waals surface area (Å²) in [5, 5.41) is 3.38. The van der Waals surface area contributed by atoms with Gasteiger partial charge in [-0.2, -0.15) is 0 Å². The van der Waals surface area contributed by atoms with Crippen LogP contribution in [0, 0.1) is 0 Å². The monoisotopic (exact) mass is 269 g/mol. The summed E-state index contributed by atoms with van der Waals surface area (Å²) in [7, 11) is 3.28. The van der Waals surface area contributed by atoms with E-state index in [-0.39, 0.29) is 6.04 Å². The second-order valence-corrected chi connectivity index (χ2v) is 4.18. The van der Waals surface area contributed by atoms with Gasteiger partial charge in [-0.25, -0.2) is 0 Å². The number of ether oxygens (including phenoxy) is 2. The van der Waals surface area contributed by atoms with Crippen LogP contribution in [0.25, 0.3) is 0 Å². The van der Waals surface area contributed by atoms with Gasteiger partial charge in [0.25, 0.3) is 0 Å². The van der Waals surface area contributed by atoms with Crippen LogP contribution in [0.4, 0.5) is 0 Å². The molecule has 0 bridgehead atoms. The van der Waals surface area contributed by atoms with E-state index in [1.165, 1.54) is 0 Å². The van der Waals surface area contributed by atoms with Gasteiger partial charge >= 0.3 is 0 Å². The first-order chi connectivity index (χ1) is 8.72. The first-order valence-electron chi connectivity index (χ1n) is 5.89. The highest BCUT2D eigenvalue weighted by molar-refractivity contribution is 6.18. The molecule has 0 fully saturated rings. The van der Waals surface area contributed by atoms with Crippen molar-refractivity contribution in [1.82, 2.24) is 5.32 Å². The SMILES string of the molecule is COc1ccc(C(C)NC/C=C/CCl)cc1OC. The molecule has 0 spiro atoms. The number of methoxy groups -OCH3 is 2. The average molecular weight is 270 g/mol. The Kier molecular flexibility index (Phi) is 6.61. The molecule has 0 heterocycles. The second-order valence-electron chi connectivity index (χ2n) is 3.87. The molecule has 1 aromatic carbocycles. The van der Waals surface area contributed by atoms with Crippen LogP contribution in [-0.4, -0.2) is 26.6 Å². The van der Waals surface area contributed by atoms with Gasteiger partial charge < -0.3 is 14.8 Å². The van der Waals surface area contributed by atoms with E-state index in [1.54, 1.807) is 14.2 Å². The van der Waals surface area contributed by atoms with Crippen LogP contribution in [0.5, 0.6) is 11.5 Å². The van der Waals surface area contributed by atoms with Crippen molar-refractivity contribution < 1.29 is 9.47 Å². The van der Waals surface area contributed by atoms with E-state index in [0.29, 0.717) is 5.88 Å². The van der Waals surface area contributed by atoms with Crippen LogP contribution >= 0.6 is 11.6 Å². The standard InChI is InChI=1S/C14H20ClNO2/c1-11(16-9-5-4-8-15)12-6-7-13(17-2)14(10-12)18-3/h4-7,10-11,16H,8-9H2,1-3H3/b5-4+. The maximum atomic E-state index is 5.56. The zero-order valence-corrected chi connectivity index (χ0v) is 11.8. The lowest BCUT2D eigenvalue weighted by atomic mass is 10.1. The molecule has 0 aliphatic rings. The fraction of sp³-hybridized carbons (Fsp3) is 0.429. The van der Waals surface area contributed by atoms with E-state index < -0.39 is 0 Å². The first kappa shape index (κ1) is 14.9. The van der Waals surface area contributed by atoms with Crippen molar-refractivity contribution in [3.8, 4) is 11.5 Å². The van der Waals surface area contributed by atoms with Gasteiger partial charge in [0.05, 0.1) is 14.2 Å². The fourth-order valence-corrected chi connectivity index (χ4v) is 1.76. The van der Waals surface area contributed by atoms with Crippen molar-refractivity contribution in [2.24, 2.45) is 0 Å². The van der Waals surface area contributed by atoms with Crippen LogP contribution in [0.15, 0.2) is 30.4 Å². The highest BCUT2D eigenvalue weighted by atomic mass is 35.5. The number of hydrogen-bond donors (Lipinski definition) is 1. The minimum atomic E-state index is 0.241. The summed E-state index contributed by atoms with van der Waals surface area (Å²) in [4.78, 5) is 0. The molecule has 1 unspecified atom stereocenters. The Labute approximate surface area is 114 Å². The van der Waals surface area contributed by atoms with Crippen LogP contribution in [0.3, 0.4) is 0 Å². The summed E-state index contributed by atoms with van der Waals surface area (Å²) in [5.41, 5.74) is 1.16. The first-order valence-corrected chi connectivity index (χ1v) is 6.42. The number of halogens is 1. The minimum absolute atomic E-state index is 0.241. The van der Waals surface area contributed by atoms with E-state index in [1.807, 2.05) is 30.4 Å². The summed E-state index contributed by atoms with van der Waals surface area (Å²) >= 11 is 5.56. The van der Waals surface area contributed by atoms with Crippen LogP contribution < -0.4 is 14.8 Å².